The van der Waals surface area contributed by atoms with Crippen molar-refractivity contribution < 1.29 is 40.4 Å². The lowest BCUT2D eigenvalue weighted by Crippen LogP contribution is -2.63. The highest BCUT2D eigenvalue weighted by molar-refractivity contribution is 6.66. The number of Topliss-reactive ketones (excluding diaryl/α,β-unsaturated/α-hetero) is 1. The predicted molar refractivity (Wildman–Crippen MR) is 79.0 cm³/mol. The Balaban J connectivity index is 3.42. The van der Waals surface area contributed by atoms with E-state index in [1.165, 1.54) is 27.7 Å². The Morgan fingerprint density at radius 3 is 1.52 bits per heavy atom. The van der Waals surface area contributed by atoms with E-state index in [0.29, 0.717) is 0 Å². The summed E-state index contributed by atoms with van der Waals surface area (Å²) in [4.78, 5) is 22.7. The summed E-state index contributed by atoms with van der Waals surface area (Å²) in [5, 5.41) is 0. The summed E-state index contributed by atoms with van der Waals surface area (Å²) in [7, 11) is -4.56. The summed E-state index contributed by atoms with van der Waals surface area (Å²) < 4.78 is 77.5. The van der Waals surface area contributed by atoms with Crippen LogP contribution in [0.5, 0.6) is 0 Å². The Bertz CT molecular complexity index is 632. The maximum absolute atomic E-state index is 13.8. The molecule has 1 aromatic carbocycles. The molecule has 0 saturated carbocycles. The van der Waals surface area contributed by atoms with Crippen molar-refractivity contribution in [3.05, 3.63) is 34.6 Å². The first kappa shape index (κ1) is 21.6. The van der Waals surface area contributed by atoms with Crippen molar-refractivity contribution in [1.82, 2.24) is 0 Å². The summed E-state index contributed by atoms with van der Waals surface area (Å²) in [6, 6.07) is 0. The number of nitrogens with two attached hydrogens (primary N) is 1. The average Bonchev–Trinajstić information content (AvgIpc) is 2.48. The van der Waals surface area contributed by atoms with Crippen LogP contribution in [0, 0.1) is 29.1 Å². The fourth-order valence-corrected chi connectivity index (χ4v) is 4.17. The number of carbonyl (C=O) groups excluding carboxylic acids is 1. The number of hydrogen-bond donors (Lipinski definition) is 2. The highest BCUT2D eigenvalue weighted by atomic mass is 28.4. The minimum absolute atomic E-state index is 0.689. The zero-order valence-electron chi connectivity index (χ0n) is 13.9. The Morgan fingerprint density at radius 2 is 1.20 bits per heavy atom. The molecule has 0 fully saturated rings. The molecule has 5 nitrogen and oxygen atoms in total. The molecule has 0 aliphatic heterocycles. The van der Waals surface area contributed by atoms with Gasteiger partial charge >= 0.3 is 8.80 Å². The standard InChI is InChI=1S/C14H18F5NO4Si/c1-5(2)23-25(22,24-6(3)4)14(20)13(21)7-8(15)10(17)12(19)11(18)9(7)16/h5-6,14,22H,20H2,1-4H3. The number of benzene rings is 1. The summed E-state index contributed by atoms with van der Waals surface area (Å²) in [5.41, 5.74) is 1.64. The highest BCUT2D eigenvalue weighted by Crippen LogP contribution is 2.26. The van der Waals surface area contributed by atoms with Gasteiger partial charge in [0, 0.05) is 12.2 Å². The van der Waals surface area contributed by atoms with Gasteiger partial charge < -0.3 is 19.4 Å². The van der Waals surface area contributed by atoms with E-state index in [1.807, 2.05) is 0 Å². The predicted octanol–water partition coefficient (Wildman–Crippen LogP) is 2.21. The highest BCUT2D eigenvalue weighted by Gasteiger charge is 2.51. The molecule has 1 rings (SSSR count). The molecule has 0 radical (unpaired) electrons. The monoisotopic (exact) mass is 387 g/mol. The lowest BCUT2D eigenvalue weighted by Gasteiger charge is -2.31. The third kappa shape index (κ3) is 4.42. The van der Waals surface area contributed by atoms with Gasteiger partial charge in [-0.1, -0.05) is 0 Å². The van der Waals surface area contributed by atoms with E-state index in [0.717, 1.165) is 0 Å². The first-order chi connectivity index (χ1) is 11.3. The van der Waals surface area contributed by atoms with Gasteiger partial charge in [0.15, 0.2) is 29.1 Å². The molecule has 0 spiro atoms. The van der Waals surface area contributed by atoms with E-state index in [1.54, 1.807) is 0 Å². The van der Waals surface area contributed by atoms with Gasteiger partial charge in [-0.05, 0) is 27.7 Å². The zero-order chi connectivity index (χ0) is 19.7. The maximum atomic E-state index is 13.8. The molecule has 0 amide bonds. The van der Waals surface area contributed by atoms with Crippen molar-refractivity contribution in [2.75, 3.05) is 0 Å². The van der Waals surface area contributed by atoms with E-state index >= 15 is 0 Å². The average molecular weight is 387 g/mol. The second kappa shape index (κ2) is 7.87. The van der Waals surface area contributed by atoms with Crippen LogP contribution in [-0.2, 0) is 8.85 Å². The molecule has 0 heterocycles. The van der Waals surface area contributed by atoms with Gasteiger partial charge in [0.1, 0.15) is 5.67 Å². The van der Waals surface area contributed by atoms with Crippen molar-refractivity contribution >= 4 is 14.6 Å². The number of rotatable bonds is 7. The molecule has 25 heavy (non-hydrogen) atoms. The first-order valence-corrected chi connectivity index (χ1v) is 9.06. The van der Waals surface area contributed by atoms with Crippen molar-refractivity contribution in [1.29, 1.82) is 0 Å². The Labute approximate surface area is 141 Å². The fraction of sp³-hybridized carbons (Fsp3) is 0.500. The molecule has 1 atom stereocenters. The van der Waals surface area contributed by atoms with Crippen LogP contribution >= 0.6 is 0 Å². The minimum Gasteiger partial charge on any atom is -0.389 e. The van der Waals surface area contributed by atoms with Crippen molar-refractivity contribution in [2.45, 2.75) is 45.6 Å². The smallest absolute Gasteiger partial charge is 0.389 e. The van der Waals surface area contributed by atoms with Gasteiger partial charge in [0.25, 0.3) is 0 Å². The fourth-order valence-electron chi connectivity index (χ4n) is 1.99. The maximum Gasteiger partial charge on any atom is 0.524 e. The molecule has 0 aromatic heterocycles. The van der Waals surface area contributed by atoms with E-state index in [9.17, 15) is 31.5 Å². The first-order valence-electron chi connectivity index (χ1n) is 7.22. The summed E-state index contributed by atoms with van der Waals surface area (Å²) >= 11 is 0. The molecule has 0 aliphatic carbocycles. The molecule has 0 bridgehead atoms. The van der Waals surface area contributed by atoms with Crippen molar-refractivity contribution in [3.8, 4) is 0 Å². The second-order valence-corrected chi connectivity index (χ2v) is 8.11. The summed E-state index contributed by atoms with van der Waals surface area (Å²) in [5.74, 6) is -13.4. The van der Waals surface area contributed by atoms with Gasteiger partial charge in [-0.2, -0.15) is 0 Å². The van der Waals surface area contributed by atoms with E-state index in [2.05, 4.69) is 0 Å². The van der Waals surface area contributed by atoms with Crippen LogP contribution in [0.15, 0.2) is 0 Å². The van der Waals surface area contributed by atoms with Crippen LogP contribution in [0.4, 0.5) is 22.0 Å². The largest absolute Gasteiger partial charge is 0.524 e. The zero-order valence-corrected chi connectivity index (χ0v) is 14.9. The molecular formula is C14H18F5NO4Si. The van der Waals surface area contributed by atoms with Crippen molar-refractivity contribution in [2.24, 2.45) is 5.73 Å². The van der Waals surface area contributed by atoms with Crippen molar-refractivity contribution in [3.63, 3.8) is 0 Å². The number of ketones is 1. The molecular weight excluding hydrogens is 369 g/mol. The van der Waals surface area contributed by atoms with Crippen LogP contribution in [0.3, 0.4) is 0 Å². The molecule has 11 heteroatoms. The molecule has 0 saturated heterocycles. The molecule has 0 aliphatic rings. The summed E-state index contributed by atoms with van der Waals surface area (Å²) in [6.45, 7) is 5.88. The van der Waals surface area contributed by atoms with Gasteiger partial charge in [-0.25, -0.2) is 22.0 Å². The minimum atomic E-state index is -4.56. The molecule has 1 aromatic rings. The van der Waals surface area contributed by atoms with Crippen LogP contribution < -0.4 is 5.73 Å². The SMILES string of the molecule is CC(C)O[Si](O)(OC(C)C)C(N)C(=O)c1c(F)c(F)c(F)c(F)c1F. The Kier molecular flexibility index (Phi) is 6.81. The van der Waals surface area contributed by atoms with Gasteiger partial charge in [0.2, 0.25) is 5.82 Å². The summed E-state index contributed by atoms with van der Waals surface area (Å²) in [6.07, 6.45) is -1.38. The van der Waals surface area contributed by atoms with E-state index < -0.39 is 67.1 Å². The Hall–Kier alpha value is -1.40. The molecule has 142 valence electrons. The van der Waals surface area contributed by atoms with Crippen LogP contribution in [0.1, 0.15) is 38.1 Å². The number of hydrogen-bond acceptors (Lipinski definition) is 5. The normalized spacial score (nSPS) is 13.6. The third-order valence-corrected chi connectivity index (χ3v) is 5.61. The van der Waals surface area contributed by atoms with Crippen LogP contribution in [0.2, 0.25) is 0 Å². The molecule has 3 N–H and O–H groups in total. The third-order valence-electron chi connectivity index (χ3n) is 2.94. The van der Waals surface area contributed by atoms with E-state index in [4.69, 9.17) is 14.6 Å². The second-order valence-electron chi connectivity index (χ2n) is 5.75. The molecule has 1 unspecified atom stereocenters. The lowest BCUT2D eigenvalue weighted by atomic mass is 10.1. The van der Waals surface area contributed by atoms with E-state index in [-0.39, 0.29) is 0 Å². The quantitative estimate of drug-likeness (QED) is 0.247. The van der Waals surface area contributed by atoms with Gasteiger partial charge in [-0.15, -0.1) is 0 Å². The number of halogens is 5. The number of carbonyl (C=O) groups is 1. The van der Waals surface area contributed by atoms with Gasteiger partial charge in [0.05, 0.1) is 5.56 Å². The topological polar surface area (TPSA) is 81.8 Å². The van der Waals surface area contributed by atoms with Crippen LogP contribution in [-0.4, -0.2) is 37.3 Å². The van der Waals surface area contributed by atoms with Crippen LogP contribution in [0.25, 0.3) is 0 Å². The Morgan fingerprint density at radius 1 is 0.880 bits per heavy atom. The van der Waals surface area contributed by atoms with Gasteiger partial charge in [-0.3, -0.25) is 4.79 Å². The lowest BCUT2D eigenvalue weighted by molar-refractivity contribution is 0.0390.